The molecule has 0 aromatic heterocycles. The first kappa shape index (κ1) is 18.5. The average molecular weight is 358 g/mol. The predicted octanol–water partition coefficient (Wildman–Crippen LogP) is 3.75. The number of aliphatic hydroxyl groups is 1. The van der Waals surface area contributed by atoms with E-state index in [1.165, 1.54) is 50.5 Å². The number of hydrogen-bond donors (Lipinski definition) is 1. The Hall–Kier alpha value is -0.900. The minimum atomic E-state index is -0.334. The molecule has 1 aromatic carbocycles. The summed E-state index contributed by atoms with van der Waals surface area (Å²) in [7, 11) is 0. The highest BCUT2D eigenvalue weighted by molar-refractivity contribution is 5.15. The van der Waals surface area contributed by atoms with Crippen molar-refractivity contribution in [3.05, 3.63) is 35.9 Å². The van der Waals surface area contributed by atoms with E-state index >= 15 is 0 Å². The van der Waals surface area contributed by atoms with Gasteiger partial charge in [0.15, 0.2) is 0 Å². The molecule has 3 heteroatoms. The molecule has 0 radical (unpaired) electrons. The van der Waals surface area contributed by atoms with Gasteiger partial charge in [-0.05, 0) is 80.8 Å². The normalized spacial score (nSPS) is 30.7. The molecule has 0 spiro atoms. The summed E-state index contributed by atoms with van der Waals surface area (Å²) in [6.07, 6.45) is 9.03. The molecule has 4 rings (SSSR count). The van der Waals surface area contributed by atoms with Crippen LogP contribution < -0.4 is 0 Å². The van der Waals surface area contributed by atoms with Crippen LogP contribution in [0.1, 0.15) is 44.1 Å². The molecule has 2 aliphatic carbocycles. The molecule has 26 heavy (non-hydrogen) atoms. The zero-order chi connectivity index (χ0) is 17.8. The Balaban J connectivity index is 1.10. The lowest BCUT2D eigenvalue weighted by Gasteiger charge is -2.33. The SMILES string of the molecule is O[C@H](COC[C@H]1C[C@@H]2CC[C@@H]1C2)CN1CCC(Cc2ccccc2)CC1. The average Bonchev–Trinajstić information content (AvgIpc) is 3.27. The summed E-state index contributed by atoms with van der Waals surface area (Å²) >= 11 is 0. The smallest absolute Gasteiger partial charge is 0.0900 e. The Labute approximate surface area is 158 Å². The first-order valence-corrected chi connectivity index (χ1v) is 10.8. The minimum absolute atomic E-state index is 0.334. The second-order valence-electron chi connectivity index (χ2n) is 9.06. The Morgan fingerprint density at radius 3 is 2.54 bits per heavy atom. The number of piperidine rings is 1. The fourth-order valence-electron chi connectivity index (χ4n) is 5.61. The molecule has 3 aliphatic rings. The Kier molecular flexibility index (Phi) is 6.29. The zero-order valence-corrected chi connectivity index (χ0v) is 16.1. The number of benzene rings is 1. The molecule has 1 aromatic rings. The van der Waals surface area contributed by atoms with Crippen LogP contribution in [-0.2, 0) is 11.2 Å². The van der Waals surface area contributed by atoms with Crippen molar-refractivity contribution in [3.63, 3.8) is 0 Å². The molecular weight excluding hydrogens is 322 g/mol. The van der Waals surface area contributed by atoms with Crippen molar-refractivity contribution in [2.24, 2.45) is 23.7 Å². The molecule has 1 N–H and O–H groups in total. The van der Waals surface area contributed by atoms with Crippen molar-refractivity contribution in [2.45, 2.75) is 51.0 Å². The van der Waals surface area contributed by atoms with E-state index in [2.05, 4.69) is 35.2 Å². The molecule has 1 aliphatic heterocycles. The number of likely N-dealkylation sites (tertiary alicyclic amines) is 1. The van der Waals surface area contributed by atoms with Crippen molar-refractivity contribution in [3.8, 4) is 0 Å². The molecule has 3 fully saturated rings. The van der Waals surface area contributed by atoms with E-state index in [1.807, 2.05) is 0 Å². The van der Waals surface area contributed by atoms with Gasteiger partial charge in [0.2, 0.25) is 0 Å². The van der Waals surface area contributed by atoms with Crippen LogP contribution >= 0.6 is 0 Å². The van der Waals surface area contributed by atoms with Gasteiger partial charge in [-0.25, -0.2) is 0 Å². The van der Waals surface area contributed by atoms with Crippen LogP contribution in [0.4, 0.5) is 0 Å². The summed E-state index contributed by atoms with van der Waals surface area (Å²) in [5, 5.41) is 10.3. The molecule has 0 amide bonds. The summed E-state index contributed by atoms with van der Waals surface area (Å²) in [4.78, 5) is 2.42. The molecule has 144 valence electrons. The highest BCUT2D eigenvalue weighted by atomic mass is 16.5. The third kappa shape index (κ3) is 4.88. The van der Waals surface area contributed by atoms with Crippen molar-refractivity contribution in [1.29, 1.82) is 0 Å². The van der Waals surface area contributed by atoms with Gasteiger partial charge in [-0.1, -0.05) is 36.8 Å². The fraction of sp³-hybridized carbons (Fsp3) is 0.739. The first-order chi connectivity index (χ1) is 12.8. The van der Waals surface area contributed by atoms with Crippen LogP contribution in [0, 0.1) is 23.7 Å². The standard InChI is InChI=1S/C23H35NO2/c25-23(17-26-16-22-14-20-6-7-21(22)13-20)15-24-10-8-19(9-11-24)12-18-4-2-1-3-5-18/h1-5,19-23,25H,6-17H2/t20-,21-,22-,23+/m1/s1. The highest BCUT2D eigenvalue weighted by Gasteiger charge is 2.39. The number of nitrogens with zero attached hydrogens (tertiary/aromatic N) is 1. The lowest BCUT2D eigenvalue weighted by molar-refractivity contribution is -0.00629. The number of aliphatic hydroxyl groups excluding tert-OH is 1. The lowest BCUT2D eigenvalue weighted by atomic mass is 9.89. The Bertz CT molecular complexity index is 540. The van der Waals surface area contributed by atoms with Gasteiger partial charge in [-0.3, -0.25) is 0 Å². The molecule has 2 saturated carbocycles. The van der Waals surface area contributed by atoms with Crippen LogP contribution in [0.2, 0.25) is 0 Å². The maximum atomic E-state index is 10.3. The molecule has 1 saturated heterocycles. The van der Waals surface area contributed by atoms with E-state index in [4.69, 9.17) is 4.74 Å². The van der Waals surface area contributed by atoms with E-state index in [0.717, 1.165) is 49.9 Å². The number of β-amino-alcohol motifs (C(OH)–C–C–N with tert-alkyl or cyclic N) is 1. The summed E-state index contributed by atoms with van der Waals surface area (Å²) in [6, 6.07) is 10.8. The first-order valence-electron chi connectivity index (χ1n) is 10.8. The molecule has 1 heterocycles. The predicted molar refractivity (Wildman–Crippen MR) is 105 cm³/mol. The van der Waals surface area contributed by atoms with Crippen molar-refractivity contribution < 1.29 is 9.84 Å². The van der Waals surface area contributed by atoms with E-state index < -0.39 is 0 Å². The van der Waals surface area contributed by atoms with E-state index in [0.29, 0.717) is 6.61 Å². The van der Waals surface area contributed by atoms with Crippen LogP contribution in [0.5, 0.6) is 0 Å². The fourth-order valence-corrected chi connectivity index (χ4v) is 5.61. The maximum absolute atomic E-state index is 10.3. The number of fused-ring (bicyclic) bond motifs is 2. The van der Waals surface area contributed by atoms with Gasteiger partial charge >= 0.3 is 0 Å². The van der Waals surface area contributed by atoms with Gasteiger partial charge in [-0.15, -0.1) is 0 Å². The number of rotatable bonds is 8. The summed E-state index contributed by atoms with van der Waals surface area (Å²) in [5.41, 5.74) is 1.46. The van der Waals surface area contributed by atoms with Gasteiger partial charge in [-0.2, -0.15) is 0 Å². The molecule has 3 nitrogen and oxygen atoms in total. The summed E-state index contributed by atoms with van der Waals surface area (Å²) < 4.78 is 5.90. The van der Waals surface area contributed by atoms with Crippen molar-refractivity contribution in [1.82, 2.24) is 4.90 Å². The quantitative estimate of drug-likeness (QED) is 0.769. The van der Waals surface area contributed by atoms with Gasteiger partial charge in [0, 0.05) is 13.2 Å². The van der Waals surface area contributed by atoms with Crippen molar-refractivity contribution >= 4 is 0 Å². The van der Waals surface area contributed by atoms with Gasteiger partial charge < -0.3 is 14.7 Å². The Morgan fingerprint density at radius 1 is 1.04 bits per heavy atom. The number of ether oxygens (including phenoxy) is 1. The third-order valence-corrected chi connectivity index (χ3v) is 7.07. The molecule has 4 atom stereocenters. The molecule has 0 unspecified atom stereocenters. The van der Waals surface area contributed by atoms with Crippen LogP contribution in [-0.4, -0.2) is 49.0 Å². The molecular formula is C23H35NO2. The maximum Gasteiger partial charge on any atom is 0.0900 e. The number of hydrogen-bond acceptors (Lipinski definition) is 3. The Morgan fingerprint density at radius 2 is 1.85 bits per heavy atom. The highest BCUT2D eigenvalue weighted by Crippen LogP contribution is 2.48. The third-order valence-electron chi connectivity index (χ3n) is 7.07. The van der Waals surface area contributed by atoms with Crippen molar-refractivity contribution in [2.75, 3.05) is 32.8 Å². The van der Waals surface area contributed by atoms with E-state index in [9.17, 15) is 5.11 Å². The van der Waals surface area contributed by atoms with Crippen LogP contribution in [0.25, 0.3) is 0 Å². The topological polar surface area (TPSA) is 32.7 Å². The summed E-state index contributed by atoms with van der Waals surface area (Å²) in [6.45, 7) is 4.38. The van der Waals surface area contributed by atoms with Gasteiger partial charge in [0.05, 0.1) is 12.7 Å². The van der Waals surface area contributed by atoms with E-state index in [1.54, 1.807) is 0 Å². The summed E-state index contributed by atoms with van der Waals surface area (Å²) in [5.74, 6) is 3.46. The minimum Gasteiger partial charge on any atom is -0.389 e. The lowest BCUT2D eigenvalue weighted by Crippen LogP contribution is -2.40. The van der Waals surface area contributed by atoms with Gasteiger partial charge in [0.1, 0.15) is 0 Å². The molecule has 2 bridgehead atoms. The van der Waals surface area contributed by atoms with Crippen LogP contribution in [0.3, 0.4) is 0 Å². The van der Waals surface area contributed by atoms with Crippen LogP contribution in [0.15, 0.2) is 30.3 Å². The second-order valence-corrected chi connectivity index (χ2v) is 9.06. The monoisotopic (exact) mass is 357 g/mol. The van der Waals surface area contributed by atoms with Gasteiger partial charge in [0.25, 0.3) is 0 Å². The largest absolute Gasteiger partial charge is 0.389 e. The zero-order valence-electron chi connectivity index (χ0n) is 16.1. The second kappa shape index (κ2) is 8.86. The van der Waals surface area contributed by atoms with E-state index in [-0.39, 0.29) is 6.10 Å².